The Labute approximate surface area is 185 Å². The number of carbonyl (C=O) groups excluding carboxylic acids is 2. The molecule has 0 amide bonds. The van der Waals surface area contributed by atoms with Gasteiger partial charge in [0, 0.05) is 11.1 Å². The fraction of sp³-hybridized carbons (Fsp3) is 0.846. The van der Waals surface area contributed by atoms with Gasteiger partial charge in [-0.3, -0.25) is 0 Å². The van der Waals surface area contributed by atoms with Crippen molar-refractivity contribution in [1.29, 1.82) is 0 Å². The summed E-state index contributed by atoms with van der Waals surface area (Å²) in [4.78, 5) is 25.0. The van der Waals surface area contributed by atoms with Crippen molar-refractivity contribution in [2.75, 3.05) is 13.2 Å². The Bertz CT molecular complexity index is 451. The average Bonchev–Trinajstić information content (AvgIpc) is 2.77. The van der Waals surface area contributed by atoms with Gasteiger partial charge in [0.2, 0.25) is 0 Å². The molecule has 0 aromatic heterocycles. The SMILES string of the molecule is CCCCCCCCCOC(=O)C1=C(C(=O)OCCCCCCCCC)CCCC1. The van der Waals surface area contributed by atoms with Crippen molar-refractivity contribution in [3.63, 3.8) is 0 Å². The lowest BCUT2D eigenvalue weighted by atomic mass is 9.91. The zero-order chi connectivity index (χ0) is 21.9. The molecule has 0 aromatic carbocycles. The van der Waals surface area contributed by atoms with Crippen molar-refractivity contribution in [3.05, 3.63) is 11.1 Å². The Morgan fingerprint density at radius 1 is 0.567 bits per heavy atom. The van der Waals surface area contributed by atoms with Gasteiger partial charge < -0.3 is 9.47 Å². The molecule has 1 aliphatic rings. The van der Waals surface area contributed by atoms with Crippen LogP contribution in [0, 0.1) is 0 Å². The Kier molecular flexibility index (Phi) is 16.4. The van der Waals surface area contributed by atoms with E-state index in [0.717, 1.165) is 38.5 Å². The summed E-state index contributed by atoms with van der Waals surface area (Å²) in [6, 6.07) is 0. The van der Waals surface area contributed by atoms with Crippen LogP contribution in [0.15, 0.2) is 11.1 Å². The van der Waals surface area contributed by atoms with Gasteiger partial charge in [0.05, 0.1) is 13.2 Å². The molecule has 0 aromatic rings. The molecular formula is C26H46O4. The summed E-state index contributed by atoms with van der Waals surface area (Å²) in [7, 11) is 0. The molecule has 0 aliphatic heterocycles. The lowest BCUT2D eigenvalue weighted by Crippen LogP contribution is -2.20. The standard InChI is InChI=1S/C26H46O4/c1-3-5-7-9-11-13-17-21-29-25(27)23-19-15-16-20-24(23)26(28)30-22-18-14-12-10-8-6-4-2/h3-22H2,1-2H3. The lowest BCUT2D eigenvalue weighted by molar-refractivity contribution is -0.143. The van der Waals surface area contributed by atoms with E-state index in [4.69, 9.17) is 9.47 Å². The maximum absolute atomic E-state index is 12.5. The lowest BCUT2D eigenvalue weighted by Gasteiger charge is -2.18. The molecule has 0 spiro atoms. The minimum absolute atomic E-state index is 0.302. The minimum Gasteiger partial charge on any atom is -0.462 e. The van der Waals surface area contributed by atoms with Crippen LogP contribution in [0.2, 0.25) is 0 Å². The second-order valence-electron chi connectivity index (χ2n) is 8.68. The molecule has 0 fully saturated rings. The first-order valence-electron chi connectivity index (χ1n) is 12.8. The molecule has 1 aliphatic carbocycles. The largest absolute Gasteiger partial charge is 0.462 e. The highest BCUT2D eigenvalue weighted by Gasteiger charge is 2.25. The summed E-state index contributed by atoms with van der Waals surface area (Å²) < 4.78 is 10.9. The number of hydrogen-bond donors (Lipinski definition) is 0. The molecular weight excluding hydrogens is 376 g/mol. The summed E-state index contributed by atoms with van der Waals surface area (Å²) >= 11 is 0. The van der Waals surface area contributed by atoms with Gasteiger partial charge in [-0.15, -0.1) is 0 Å². The third kappa shape index (κ3) is 12.4. The van der Waals surface area contributed by atoms with Crippen LogP contribution in [-0.2, 0) is 19.1 Å². The van der Waals surface area contributed by atoms with Crippen molar-refractivity contribution >= 4 is 11.9 Å². The van der Waals surface area contributed by atoms with Crippen LogP contribution < -0.4 is 0 Å². The highest BCUT2D eigenvalue weighted by Crippen LogP contribution is 2.27. The summed E-state index contributed by atoms with van der Waals surface area (Å²) in [5, 5.41) is 0. The van der Waals surface area contributed by atoms with E-state index in [0.29, 0.717) is 37.2 Å². The van der Waals surface area contributed by atoms with Gasteiger partial charge >= 0.3 is 11.9 Å². The monoisotopic (exact) mass is 422 g/mol. The van der Waals surface area contributed by atoms with E-state index in [1.165, 1.54) is 64.2 Å². The first-order valence-corrected chi connectivity index (χ1v) is 12.8. The van der Waals surface area contributed by atoms with Gasteiger partial charge in [0.15, 0.2) is 0 Å². The molecule has 1 rings (SSSR count). The molecule has 0 saturated carbocycles. The van der Waals surface area contributed by atoms with E-state index in [2.05, 4.69) is 13.8 Å². The second-order valence-corrected chi connectivity index (χ2v) is 8.68. The predicted molar refractivity (Wildman–Crippen MR) is 123 cm³/mol. The quantitative estimate of drug-likeness (QED) is 0.170. The molecule has 4 nitrogen and oxygen atoms in total. The number of carbonyl (C=O) groups is 2. The van der Waals surface area contributed by atoms with Crippen molar-refractivity contribution in [1.82, 2.24) is 0 Å². The van der Waals surface area contributed by atoms with Crippen LogP contribution in [0.25, 0.3) is 0 Å². The molecule has 0 heterocycles. The molecule has 0 radical (unpaired) electrons. The van der Waals surface area contributed by atoms with E-state index >= 15 is 0 Å². The van der Waals surface area contributed by atoms with Crippen molar-refractivity contribution in [2.45, 2.75) is 129 Å². The smallest absolute Gasteiger partial charge is 0.334 e. The maximum Gasteiger partial charge on any atom is 0.334 e. The normalized spacial score (nSPS) is 14.1. The van der Waals surface area contributed by atoms with Crippen molar-refractivity contribution < 1.29 is 19.1 Å². The summed E-state index contributed by atoms with van der Waals surface area (Å²) in [6.45, 7) is 5.35. The third-order valence-corrected chi connectivity index (χ3v) is 5.92. The minimum atomic E-state index is -0.302. The average molecular weight is 423 g/mol. The summed E-state index contributed by atoms with van der Waals surface area (Å²) in [5.41, 5.74) is 1.13. The maximum atomic E-state index is 12.5. The van der Waals surface area contributed by atoms with Gasteiger partial charge in [0.1, 0.15) is 0 Å². The molecule has 0 N–H and O–H groups in total. The van der Waals surface area contributed by atoms with E-state index < -0.39 is 0 Å². The Hall–Kier alpha value is -1.32. The van der Waals surface area contributed by atoms with Gasteiger partial charge in [-0.25, -0.2) is 9.59 Å². The zero-order valence-electron chi connectivity index (χ0n) is 19.8. The topological polar surface area (TPSA) is 52.6 Å². The summed E-state index contributed by atoms with van der Waals surface area (Å²) in [6.07, 6.45) is 19.8. The van der Waals surface area contributed by atoms with E-state index in [9.17, 15) is 9.59 Å². The van der Waals surface area contributed by atoms with E-state index in [-0.39, 0.29) is 11.9 Å². The third-order valence-electron chi connectivity index (χ3n) is 5.92. The number of unbranched alkanes of at least 4 members (excludes halogenated alkanes) is 12. The van der Waals surface area contributed by atoms with E-state index in [1.807, 2.05) is 0 Å². The van der Waals surface area contributed by atoms with E-state index in [1.54, 1.807) is 0 Å². The Balaban J connectivity index is 2.27. The molecule has 0 atom stereocenters. The van der Waals surface area contributed by atoms with Gasteiger partial charge in [-0.2, -0.15) is 0 Å². The fourth-order valence-electron chi connectivity index (χ4n) is 3.98. The second kappa shape index (κ2) is 18.4. The Morgan fingerprint density at radius 3 is 1.27 bits per heavy atom. The van der Waals surface area contributed by atoms with Crippen LogP contribution in [0.4, 0.5) is 0 Å². The number of esters is 2. The number of rotatable bonds is 18. The highest BCUT2D eigenvalue weighted by molar-refractivity contribution is 6.00. The Morgan fingerprint density at radius 2 is 0.900 bits per heavy atom. The molecule has 30 heavy (non-hydrogen) atoms. The molecule has 0 saturated heterocycles. The van der Waals surface area contributed by atoms with Gasteiger partial charge in [-0.05, 0) is 38.5 Å². The summed E-state index contributed by atoms with van der Waals surface area (Å²) in [5.74, 6) is -0.605. The number of ether oxygens (including phenoxy) is 2. The fourth-order valence-corrected chi connectivity index (χ4v) is 3.98. The van der Waals surface area contributed by atoms with Crippen LogP contribution >= 0.6 is 0 Å². The van der Waals surface area contributed by atoms with Crippen LogP contribution in [0.5, 0.6) is 0 Å². The first-order chi connectivity index (χ1) is 14.7. The van der Waals surface area contributed by atoms with Crippen molar-refractivity contribution in [2.24, 2.45) is 0 Å². The van der Waals surface area contributed by atoms with Gasteiger partial charge in [-0.1, -0.05) is 90.9 Å². The molecule has 0 unspecified atom stereocenters. The molecule has 4 heteroatoms. The highest BCUT2D eigenvalue weighted by atomic mass is 16.5. The van der Waals surface area contributed by atoms with Gasteiger partial charge in [0.25, 0.3) is 0 Å². The van der Waals surface area contributed by atoms with Crippen LogP contribution in [-0.4, -0.2) is 25.2 Å². The molecule has 0 bridgehead atoms. The van der Waals surface area contributed by atoms with Crippen LogP contribution in [0.3, 0.4) is 0 Å². The zero-order valence-corrected chi connectivity index (χ0v) is 19.8. The molecule has 174 valence electrons. The number of hydrogen-bond acceptors (Lipinski definition) is 4. The predicted octanol–water partition coefficient (Wildman–Crippen LogP) is 7.44. The first kappa shape index (κ1) is 26.7. The van der Waals surface area contributed by atoms with Crippen molar-refractivity contribution in [3.8, 4) is 0 Å². The van der Waals surface area contributed by atoms with Crippen LogP contribution in [0.1, 0.15) is 129 Å².